The van der Waals surface area contributed by atoms with Crippen LogP contribution in [-0.2, 0) is 20.2 Å². The van der Waals surface area contributed by atoms with Gasteiger partial charge in [-0.05, 0) is 13.8 Å². The molecule has 2 rings (SSSR count). The number of nitrogens with zero attached hydrogens (tertiary/aromatic N) is 2. The molecule has 0 fully saturated rings. The van der Waals surface area contributed by atoms with Gasteiger partial charge in [-0.25, -0.2) is 0 Å². The fraction of sp³-hybridized carbons (Fsp3) is 0.462. The second-order valence-electron chi connectivity index (χ2n) is 4.68. The summed E-state index contributed by atoms with van der Waals surface area (Å²) in [6, 6.07) is 0. The number of aromatic amines is 1. The van der Waals surface area contributed by atoms with Gasteiger partial charge in [0.25, 0.3) is 5.56 Å². The Morgan fingerprint density at radius 3 is 2.58 bits per heavy atom. The molecule has 0 bridgehead atoms. The second-order valence-corrected chi connectivity index (χ2v) is 7.75. The molecule has 2 heterocycles. The van der Waals surface area contributed by atoms with Gasteiger partial charge in [0, 0.05) is 6.54 Å². The highest BCUT2D eigenvalue weighted by Crippen LogP contribution is 2.47. The number of nitrogens with two attached hydrogens (primary N) is 1. The highest BCUT2D eigenvalue weighted by molar-refractivity contribution is 7.54. The van der Waals surface area contributed by atoms with Crippen LogP contribution in [0.1, 0.15) is 13.8 Å². The SMILES string of the molecule is CCOP(=O)(C/C=C/Cn1c(=O)sc2c(=O)[nH]c(N)nc21)OCC. The molecule has 0 radical (unpaired) electrons. The molecule has 3 N–H and O–H groups in total. The fourth-order valence-electron chi connectivity index (χ4n) is 2.05. The zero-order valence-electron chi connectivity index (χ0n) is 13.4. The summed E-state index contributed by atoms with van der Waals surface area (Å²) in [6.07, 6.45) is 3.37. The lowest BCUT2D eigenvalue weighted by molar-refractivity contribution is 0.222. The van der Waals surface area contributed by atoms with Crippen molar-refractivity contribution in [2.75, 3.05) is 25.1 Å². The number of allylic oxidation sites excluding steroid dienone is 2. The molecule has 0 aliphatic heterocycles. The Morgan fingerprint density at radius 1 is 1.29 bits per heavy atom. The van der Waals surface area contributed by atoms with Gasteiger partial charge in [-0.2, -0.15) is 4.98 Å². The van der Waals surface area contributed by atoms with E-state index in [4.69, 9.17) is 14.8 Å². The first-order chi connectivity index (χ1) is 11.4. The number of hydrogen-bond donors (Lipinski definition) is 2. The van der Waals surface area contributed by atoms with Gasteiger partial charge in [-0.15, -0.1) is 0 Å². The average molecular weight is 374 g/mol. The molecular formula is C13H19N4O5PS. The van der Waals surface area contributed by atoms with Crippen molar-refractivity contribution in [1.29, 1.82) is 0 Å². The number of anilines is 1. The minimum atomic E-state index is -3.16. The molecule has 0 aromatic carbocycles. The summed E-state index contributed by atoms with van der Waals surface area (Å²) in [7, 11) is -3.16. The van der Waals surface area contributed by atoms with Crippen molar-refractivity contribution in [3.8, 4) is 0 Å². The van der Waals surface area contributed by atoms with E-state index in [-0.39, 0.29) is 47.1 Å². The van der Waals surface area contributed by atoms with Gasteiger partial charge in [0.1, 0.15) is 4.70 Å². The zero-order chi connectivity index (χ0) is 17.7. The Labute approximate surface area is 141 Å². The number of fused-ring (bicyclic) bond motifs is 1. The van der Waals surface area contributed by atoms with E-state index in [1.54, 1.807) is 26.0 Å². The van der Waals surface area contributed by atoms with E-state index in [9.17, 15) is 14.2 Å². The maximum absolute atomic E-state index is 12.3. The number of nitrogen functional groups attached to an aromatic ring is 1. The molecule has 0 atom stereocenters. The van der Waals surface area contributed by atoms with Crippen molar-refractivity contribution in [1.82, 2.24) is 14.5 Å². The van der Waals surface area contributed by atoms with E-state index in [1.807, 2.05) is 0 Å². The van der Waals surface area contributed by atoms with Crippen LogP contribution < -0.4 is 16.2 Å². The third-order valence-electron chi connectivity index (χ3n) is 2.98. The van der Waals surface area contributed by atoms with Gasteiger partial charge in [0.05, 0.1) is 19.4 Å². The Hall–Kier alpha value is -1.74. The van der Waals surface area contributed by atoms with Crippen molar-refractivity contribution >= 4 is 35.2 Å². The van der Waals surface area contributed by atoms with Crippen molar-refractivity contribution in [3.05, 3.63) is 32.2 Å². The first kappa shape index (κ1) is 18.6. The summed E-state index contributed by atoms with van der Waals surface area (Å²) in [6.45, 7) is 4.21. The van der Waals surface area contributed by atoms with Crippen molar-refractivity contribution in [2.45, 2.75) is 20.4 Å². The van der Waals surface area contributed by atoms with E-state index in [0.717, 1.165) is 11.3 Å². The number of hydrogen-bond acceptors (Lipinski definition) is 8. The third-order valence-corrected chi connectivity index (χ3v) is 5.91. The van der Waals surface area contributed by atoms with Gasteiger partial charge in [0.2, 0.25) is 5.95 Å². The Bertz CT molecular complexity index is 890. The number of rotatable bonds is 8. The number of H-pyrrole nitrogens is 1. The van der Waals surface area contributed by atoms with Gasteiger partial charge in [-0.1, -0.05) is 23.5 Å². The quantitative estimate of drug-likeness (QED) is 0.530. The standard InChI is InChI=1S/C13H19N4O5PS/c1-3-21-23(20,22-4-2)8-6-5-7-17-10-9(24-13(17)19)11(18)16-12(14)15-10/h5-6H,3-4,7-8H2,1-2H3,(H3,14,15,16,18)/b6-5+. The van der Waals surface area contributed by atoms with Gasteiger partial charge in [0.15, 0.2) is 5.65 Å². The molecule has 0 aliphatic carbocycles. The second kappa shape index (κ2) is 7.89. The van der Waals surface area contributed by atoms with E-state index < -0.39 is 13.2 Å². The summed E-state index contributed by atoms with van der Waals surface area (Å²) < 4.78 is 24.2. The molecule has 0 aliphatic rings. The minimum Gasteiger partial charge on any atom is -0.369 e. The lowest BCUT2D eigenvalue weighted by atomic mass is 10.5. The number of thiazole rings is 1. The number of nitrogens with one attached hydrogen (secondary N) is 1. The van der Waals surface area contributed by atoms with E-state index in [1.165, 1.54) is 4.57 Å². The molecule has 0 saturated heterocycles. The molecule has 9 nitrogen and oxygen atoms in total. The maximum Gasteiger partial charge on any atom is 0.334 e. The van der Waals surface area contributed by atoms with Gasteiger partial charge >= 0.3 is 12.5 Å². The smallest absolute Gasteiger partial charge is 0.334 e. The number of aromatic nitrogens is 3. The monoisotopic (exact) mass is 374 g/mol. The third kappa shape index (κ3) is 4.21. The average Bonchev–Trinajstić information content (AvgIpc) is 2.81. The Balaban J connectivity index is 2.19. The van der Waals surface area contributed by atoms with Crippen LogP contribution in [0.15, 0.2) is 21.7 Å². The van der Waals surface area contributed by atoms with E-state index >= 15 is 0 Å². The summed E-state index contributed by atoms with van der Waals surface area (Å²) in [4.78, 5) is 29.8. The fourth-order valence-corrected chi connectivity index (χ4v) is 4.37. The van der Waals surface area contributed by atoms with Crippen LogP contribution in [-0.4, -0.2) is 33.9 Å². The highest BCUT2D eigenvalue weighted by atomic mass is 32.1. The summed E-state index contributed by atoms with van der Waals surface area (Å²) >= 11 is 0.801. The largest absolute Gasteiger partial charge is 0.369 e. The Kier molecular flexibility index (Phi) is 6.11. The molecule has 24 heavy (non-hydrogen) atoms. The molecule has 2 aromatic heterocycles. The molecular weight excluding hydrogens is 355 g/mol. The zero-order valence-corrected chi connectivity index (χ0v) is 15.1. The lowest BCUT2D eigenvalue weighted by Gasteiger charge is -2.14. The first-order valence-corrected chi connectivity index (χ1v) is 9.87. The predicted octanol–water partition coefficient (Wildman–Crippen LogP) is 1.55. The normalized spacial score (nSPS) is 12.4. The Morgan fingerprint density at radius 2 is 1.96 bits per heavy atom. The summed E-state index contributed by atoms with van der Waals surface area (Å²) in [5, 5.41) is 0. The van der Waals surface area contributed by atoms with Crippen LogP contribution >= 0.6 is 18.9 Å². The highest BCUT2D eigenvalue weighted by Gasteiger charge is 2.21. The van der Waals surface area contributed by atoms with Crippen molar-refractivity contribution in [2.24, 2.45) is 0 Å². The van der Waals surface area contributed by atoms with E-state index in [0.29, 0.717) is 0 Å². The molecule has 0 amide bonds. The van der Waals surface area contributed by atoms with Crippen LogP contribution in [0.2, 0.25) is 0 Å². The van der Waals surface area contributed by atoms with Crippen LogP contribution in [0.5, 0.6) is 0 Å². The van der Waals surface area contributed by atoms with Crippen LogP contribution in [0.4, 0.5) is 5.95 Å². The van der Waals surface area contributed by atoms with Crippen LogP contribution in [0.25, 0.3) is 10.3 Å². The van der Waals surface area contributed by atoms with Crippen molar-refractivity contribution < 1.29 is 13.6 Å². The maximum atomic E-state index is 12.3. The molecule has 0 spiro atoms. The molecule has 2 aromatic rings. The van der Waals surface area contributed by atoms with Crippen LogP contribution in [0.3, 0.4) is 0 Å². The lowest BCUT2D eigenvalue weighted by Crippen LogP contribution is -2.15. The molecule has 0 saturated carbocycles. The topological polar surface area (TPSA) is 129 Å². The van der Waals surface area contributed by atoms with Gasteiger partial charge < -0.3 is 14.8 Å². The predicted molar refractivity (Wildman–Crippen MR) is 93.8 cm³/mol. The molecule has 11 heteroatoms. The molecule has 0 unspecified atom stereocenters. The van der Waals surface area contributed by atoms with Crippen molar-refractivity contribution in [3.63, 3.8) is 0 Å². The van der Waals surface area contributed by atoms with E-state index in [2.05, 4.69) is 9.97 Å². The minimum absolute atomic E-state index is 0.0553. The summed E-state index contributed by atoms with van der Waals surface area (Å²) in [5.41, 5.74) is 5.30. The summed E-state index contributed by atoms with van der Waals surface area (Å²) in [5.74, 6) is -0.0553. The van der Waals surface area contributed by atoms with Crippen LogP contribution in [0, 0.1) is 0 Å². The van der Waals surface area contributed by atoms with Gasteiger partial charge in [-0.3, -0.25) is 23.7 Å². The first-order valence-electron chi connectivity index (χ1n) is 7.32. The molecule has 132 valence electrons.